The molecule has 0 bridgehead atoms. The molecule has 0 aliphatic heterocycles. The molecule has 0 amide bonds. The Morgan fingerprint density at radius 2 is 2.08 bits per heavy atom. The van der Waals surface area contributed by atoms with Gasteiger partial charge in [-0.1, -0.05) is 50.7 Å². The lowest BCUT2D eigenvalue weighted by Crippen LogP contribution is -2.37. The van der Waals surface area contributed by atoms with Crippen molar-refractivity contribution in [1.82, 2.24) is 0 Å². The third-order valence-electron chi connectivity index (χ3n) is 1.07. The van der Waals surface area contributed by atoms with Crippen LogP contribution < -0.4 is 0 Å². The van der Waals surface area contributed by atoms with Crippen LogP contribution in [0.15, 0.2) is 0 Å². The number of carbonyl (C=O) groups excluding carboxylic acids is 1. The summed E-state index contributed by atoms with van der Waals surface area (Å²) in [6, 6.07) is 0. The predicted molar refractivity (Wildman–Crippen MR) is 55.8 cm³/mol. The Bertz CT molecular complexity index is 171. The average Bonchev–Trinajstić information content (AvgIpc) is 1.99. The average molecular weight is 314 g/mol. The standard InChI is InChI=1S/C6H8BrCl3O3/c1-12-4(6(8,9)10)5(11)13-3-2-7/h4H,2-3H2,1H3. The molecule has 0 saturated carbocycles. The van der Waals surface area contributed by atoms with Gasteiger partial charge in [-0.25, -0.2) is 4.79 Å². The summed E-state index contributed by atoms with van der Waals surface area (Å²) in [5.74, 6) is -0.693. The summed E-state index contributed by atoms with van der Waals surface area (Å²) in [5, 5.41) is 0.523. The molecular formula is C6H8BrCl3O3. The molecule has 0 rings (SSSR count). The van der Waals surface area contributed by atoms with Gasteiger partial charge >= 0.3 is 5.97 Å². The highest BCUT2D eigenvalue weighted by molar-refractivity contribution is 9.09. The quantitative estimate of drug-likeness (QED) is 0.590. The summed E-state index contributed by atoms with van der Waals surface area (Å²) in [4.78, 5) is 11.2. The zero-order valence-corrected chi connectivity index (χ0v) is 10.6. The first-order chi connectivity index (χ1) is 5.93. The van der Waals surface area contributed by atoms with Crippen molar-refractivity contribution >= 4 is 56.7 Å². The molecule has 0 aromatic rings. The highest BCUT2D eigenvalue weighted by Crippen LogP contribution is 2.32. The molecule has 0 aromatic heterocycles. The number of esters is 1. The van der Waals surface area contributed by atoms with Gasteiger partial charge in [0.05, 0.1) is 0 Å². The zero-order chi connectivity index (χ0) is 10.5. The van der Waals surface area contributed by atoms with Crippen LogP contribution in [-0.2, 0) is 14.3 Å². The molecule has 13 heavy (non-hydrogen) atoms. The number of carbonyl (C=O) groups is 1. The van der Waals surface area contributed by atoms with E-state index < -0.39 is 15.9 Å². The van der Waals surface area contributed by atoms with Gasteiger partial charge < -0.3 is 9.47 Å². The number of hydrogen-bond donors (Lipinski definition) is 0. The molecule has 0 aliphatic rings. The van der Waals surface area contributed by atoms with Gasteiger partial charge in [0, 0.05) is 12.4 Å². The Balaban J connectivity index is 4.16. The normalized spacial score (nSPS) is 13.9. The summed E-state index contributed by atoms with van der Waals surface area (Å²) < 4.78 is 7.59. The summed E-state index contributed by atoms with van der Waals surface area (Å²) in [6.45, 7) is 0.208. The molecular weight excluding hydrogens is 306 g/mol. The highest BCUT2D eigenvalue weighted by atomic mass is 79.9. The third kappa shape index (κ3) is 5.27. The number of methoxy groups -OCH3 is 1. The first kappa shape index (κ1) is 13.8. The van der Waals surface area contributed by atoms with Crippen LogP contribution in [-0.4, -0.2) is 34.9 Å². The molecule has 0 aliphatic carbocycles. The van der Waals surface area contributed by atoms with Crippen molar-refractivity contribution in [2.45, 2.75) is 9.90 Å². The van der Waals surface area contributed by atoms with E-state index in [1.165, 1.54) is 7.11 Å². The molecule has 0 aromatic carbocycles. The van der Waals surface area contributed by atoms with Gasteiger partial charge in [-0.3, -0.25) is 0 Å². The van der Waals surface area contributed by atoms with Crippen LogP contribution in [0.5, 0.6) is 0 Å². The molecule has 7 heteroatoms. The lowest BCUT2D eigenvalue weighted by molar-refractivity contribution is -0.154. The van der Waals surface area contributed by atoms with Crippen LogP contribution in [0.1, 0.15) is 0 Å². The van der Waals surface area contributed by atoms with Gasteiger partial charge in [-0.05, 0) is 0 Å². The smallest absolute Gasteiger partial charge is 0.339 e. The first-order valence-electron chi connectivity index (χ1n) is 3.25. The molecule has 3 nitrogen and oxygen atoms in total. The summed E-state index contributed by atoms with van der Waals surface area (Å²) in [5.41, 5.74) is 0. The molecule has 0 saturated heterocycles. The van der Waals surface area contributed by atoms with E-state index in [4.69, 9.17) is 39.5 Å². The maximum Gasteiger partial charge on any atom is 0.339 e. The summed E-state index contributed by atoms with van der Waals surface area (Å²) in [7, 11) is 1.27. The zero-order valence-electron chi connectivity index (χ0n) is 6.73. The van der Waals surface area contributed by atoms with E-state index in [1.807, 2.05) is 0 Å². The first-order valence-corrected chi connectivity index (χ1v) is 5.51. The molecule has 1 unspecified atom stereocenters. The van der Waals surface area contributed by atoms with Crippen LogP contribution in [0.25, 0.3) is 0 Å². The third-order valence-corrected chi connectivity index (χ3v) is 1.99. The second kappa shape index (κ2) is 6.30. The predicted octanol–water partition coefficient (Wildman–Crippen LogP) is 2.31. The largest absolute Gasteiger partial charge is 0.463 e. The van der Waals surface area contributed by atoms with Crippen LogP contribution in [0.4, 0.5) is 0 Å². The number of halogens is 4. The maximum atomic E-state index is 11.2. The molecule has 0 radical (unpaired) electrons. The van der Waals surface area contributed by atoms with E-state index >= 15 is 0 Å². The fourth-order valence-electron chi connectivity index (χ4n) is 0.578. The van der Waals surface area contributed by atoms with E-state index in [2.05, 4.69) is 20.7 Å². The van der Waals surface area contributed by atoms with E-state index in [-0.39, 0.29) is 6.61 Å². The number of alkyl halides is 4. The van der Waals surface area contributed by atoms with Gasteiger partial charge in [-0.15, -0.1) is 0 Å². The van der Waals surface area contributed by atoms with Crippen molar-refractivity contribution < 1.29 is 14.3 Å². The molecule has 78 valence electrons. The molecule has 0 heterocycles. The Morgan fingerprint density at radius 1 is 1.54 bits per heavy atom. The Labute approximate surface area is 99.7 Å². The van der Waals surface area contributed by atoms with Gasteiger partial charge in [0.2, 0.25) is 9.90 Å². The van der Waals surface area contributed by atoms with Crippen LogP contribution in [0.3, 0.4) is 0 Å². The second-order valence-electron chi connectivity index (χ2n) is 2.01. The van der Waals surface area contributed by atoms with Crippen molar-refractivity contribution in [2.24, 2.45) is 0 Å². The molecule has 0 N–H and O–H groups in total. The van der Waals surface area contributed by atoms with Crippen molar-refractivity contribution in [3.63, 3.8) is 0 Å². The lowest BCUT2D eigenvalue weighted by Gasteiger charge is -2.20. The van der Waals surface area contributed by atoms with Crippen molar-refractivity contribution in [2.75, 3.05) is 19.0 Å². The van der Waals surface area contributed by atoms with Crippen LogP contribution in [0.2, 0.25) is 0 Å². The second-order valence-corrected chi connectivity index (χ2v) is 5.18. The highest BCUT2D eigenvalue weighted by Gasteiger charge is 2.39. The van der Waals surface area contributed by atoms with Gasteiger partial charge in [-0.2, -0.15) is 0 Å². The minimum atomic E-state index is -1.81. The Hall–Kier alpha value is 0.780. The SMILES string of the molecule is COC(C(=O)OCCBr)C(Cl)(Cl)Cl. The fraction of sp³-hybridized carbons (Fsp3) is 0.833. The van der Waals surface area contributed by atoms with Gasteiger partial charge in [0.25, 0.3) is 0 Å². The maximum absolute atomic E-state index is 11.2. The van der Waals surface area contributed by atoms with Crippen molar-refractivity contribution in [1.29, 1.82) is 0 Å². The molecule has 1 atom stereocenters. The van der Waals surface area contributed by atoms with Crippen molar-refractivity contribution in [3.05, 3.63) is 0 Å². The summed E-state index contributed by atoms with van der Waals surface area (Å²) >= 11 is 19.5. The van der Waals surface area contributed by atoms with E-state index in [0.717, 1.165) is 0 Å². The minimum Gasteiger partial charge on any atom is -0.463 e. The van der Waals surface area contributed by atoms with E-state index in [0.29, 0.717) is 5.33 Å². The van der Waals surface area contributed by atoms with Crippen molar-refractivity contribution in [3.8, 4) is 0 Å². The van der Waals surface area contributed by atoms with Crippen LogP contribution in [0, 0.1) is 0 Å². The fourth-order valence-corrected chi connectivity index (χ4v) is 1.27. The van der Waals surface area contributed by atoms with Crippen LogP contribution >= 0.6 is 50.7 Å². The van der Waals surface area contributed by atoms with Gasteiger partial charge in [0.1, 0.15) is 6.61 Å². The summed E-state index contributed by atoms with van der Waals surface area (Å²) in [6.07, 6.45) is -1.20. The minimum absolute atomic E-state index is 0.208. The Morgan fingerprint density at radius 3 is 2.38 bits per heavy atom. The topological polar surface area (TPSA) is 35.5 Å². The molecule has 0 spiro atoms. The number of hydrogen-bond acceptors (Lipinski definition) is 3. The molecule has 0 fully saturated rings. The Kier molecular flexibility index (Phi) is 6.68. The van der Waals surface area contributed by atoms with E-state index in [9.17, 15) is 4.79 Å². The number of rotatable bonds is 4. The monoisotopic (exact) mass is 312 g/mol. The van der Waals surface area contributed by atoms with Gasteiger partial charge in [0.15, 0.2) is 0 Å². The van der Waals surface area contributed by atoms with E-state index in [1.54, 1.807) is 0 Å². The number of ether oxygens (including phenoxy) is 2. The lowest BCUT2D eigenvalue weighted by atomic mass is 10.4.